The standard InChI is InChI=1S/C26H29F3N4O.2ClH/c1-15(2)12-22-21(14-31)23(18-6-4-17(13-30)5-7-18)24(16(3)32-22)33-25(34)19-8-10-20(11-9-19)26(27,28)29;;/h4-11,15H,12-14,30-31H2,1-3H3,(H,33,34);2*1H. The molecule has 0 spiro atoms. The van der Waals surface area contributed by atoms with E-state index in [1.807, 2.05) is 24.3 Å². The number of hydrogen-bond acceptors (Lipinski definition) is 4. The highest BCUT2D eigenvalue weighted by atomic mass is 35.5. The van der Waals surface area contributed by atoms with Gasteiger partial charge in [0.1, 0.15) is 0 Å². The van der Waals surface area contributed by atoms with Crippen LogP contribution in [-0.4, -0.2) is 10.9 Å². The van der Waals surface area contributed by atoms with Crippen LogP contribution >= 0.6 is 24.8 Å². The minimum atomic E-state index is -4.47. The fourth-order valence-electron chi connectivity index (χ4n) is 3.85. The lowest BCUT2D eigenvalue weighted by Crippen LogP contribution is -2.18. The lowest BCUT2D eigenvalue weighted by molar-refractivity contribution is -0.137. The number of amides is 1. The molecule has 5 nitrogen and oxygen atoms in total. The Kier molecular flexibility index (Phi) is 11.4. The first-order valence-electron chi connectivity index (χ1n) is 11.1. The van der Waals surface area contributed by atoms with Crippen LogP contribution in [0.15, 0.2) is 48.5 Å². The van der Waals surface area contributed by atoms with Gasteiger partial charge in [-0.15, -0.1) is 24.8 Å². The van der Waals surface area contributed by atoms with E-state index in [4.69, 9.17) is 16.5 Å². The molecule has 0 unspecified atom stereocenters. The molecule has 1 heterocycles. The molecule has 0 aliphatic heterocycles. The molecule has 0 saturated heterocycles. The van der Waals surface area contributed by atoms with E-state index < -0.39 is 17.6 Å². The normalized spacial score (nSPS) is 11.0. The number of rotatable bonds is 7. The van der Waals surface area contributed by atoms with E-state index in [1.54, 1.807) is 6.92 Å². The molecule has 3 rings (SSSR count). The zero-order valence-corrected chi connectivity index (χ0v) is 21.9. The van der Waals surface area contributed by atoms with Crippen LogP contribution in [0.25, 0.3) is 11.1 Å². The molecule has 10 heteroatoms. The molecule has 2 aromatic carbocycles. The van der Waals surface area contributed by atoms with E-state index in [0.717, 1.165) is 52.2 Å². The largest absolute Gasteiger partial charge is 0.416 e. The van der Waals surface area contributed by atoms with Gasteiger partial charge in [0.2, 0.25) is 0 Å². The Hall–Kier alpha value is -2.65. The summed E-state index contributed by atoms with van der Waals surface area (Å²) in [6, 6.07) is 11.8. The van der Waals surface area contributed by atoms with Crippen molar-refractivity contribution in [2.75, 3.05) is 5.32 Å². The second-order valence-electron chi connectivity index (χ2n) is 8.60. The number of aromatic nitrogens is 1. The predicted octanol–water partition coefficient (Wildman–Crippen LogP) is 6.29. The van der Waals surface area contributed by atoms with Crippen LogP contribution in [0.2, 0.25) is 0 Å². The molecule has 0 aliphatic rings. The van der Waals surface area contributed by atoms with Gasteiger partial charge in [-0.2, -0.15) is 13.2 Å². The maximum Gasteiger partial charge on any atom is 0.416 e. The Morgan fingerprint density at radius 3 is 2.03 bits per heavy atom. The molecule has 1 aromatic heterocycles. The zero-order valence-electron chi connectivity index (χ0n) is 20.3. The molecule has 36 heavy (non-hydrogen) atoms. The highest BCUT2D eigenvalue weighted by Gasteiger charge is 2.30. The molecule has 3 aromatic rings. The van der Waals surface area contributed by atoms with Gasteiger partial charge in [-0.3, -0.25) is 9.78 Å². The second-order valence-corrected chi connectivity index (χ2v) is 8.60. The van der Waals surface area contributed by atoms with Gasteiger partial charge in [0.15, 0.2) is 0 Å². The average molecular weight is 543 g/mol. The average Bonchev–Trinajstić information content (AvgIpc) is 2.79. The molecular formula is C26H31Cl2F3N4O. The van der Waals surface area contributed by atoms with Gasteiger partial charge >= 0.3 is 6.18 Å². The predicted molar refractivity (Wildman–Crippen MR) is 143 cm³/mol. The highest BCUT2D eigenvalue weighted by molar-refractivity contribution is 6.07. The SMILES string of the molecule is Cc1nc(CC(C)C)c(CN)c(-c2ccc(CN)cc2)c1NC(=O)c1ccc(C(F)(F)F)cc1.Cl.Cl. The summed E-state index contributed by atoms with van der Waals surface area (Å²) in [5.41, 5.74) is 16.5. The third-order valence-corrected chi connectivity index (χ3v) is 5.56. The number of alkyl halides is 3. The van der Waals surface area contributed by atoms with Crippen molar-refractivity contribution in [1.29, 1.82) is 0 Å². The minimum absolute atomic E-state index is 0. The van der Waals surface area contributed by atoms with Crippen LogP contribution in [0, 0.1) is 12.8 Å². The first-order valence-corrected chi connectivity index (χ1v) is 11.1. The van der Waals surface area contributed by atoms with E-state index in [0.29, 0.717) is 30.3 Å². The summed E-state index contributed by atoms with van der Waals surface area (Å²) in [6.45, 7) is 6.59. The molecule has 0 aliphatic carbocycles. The third kappa shape index (κ3) is 7.20. The lowest BCUT2D eigenvalue weighted by Gasteiger charge is -2.21. The second kappa shape index (κ2) is 13.1. The first kappa shape index (κ1) is 31.4. The topological polar surface area (TPSA) is 94.0 Å². The number of carbonyl (C=O) groups excluding carboxylic acids is 1. The van der Waals surface area contributed by atoms with Crippen LogP contribution in [0.5, 0.6) is 0 Å². The van der Waals surface area contributed by atoms with E-state index in [1.165, 1.54) is 0 Å². The Morgan fingerprint density at radius 2 is 1.56 bits per heavy atom. The summed E-state index contributed by atoms with van der Waals surface area (Å²) in [6.07, 6.45) is -3.75. The third-order valence-electron chi connectivity index (χ3n) is 5.56. The molecule has 0 saturated carbocycles. The van der Waals surface area contributed by atoms with Crippen molar-refractivity contribution in [1.82, 2.24) is 4.98 Å². The van der Waals surface area contributed by atoms with Crippen LogP contribution in [0.3, 0.4) is 0 Å². The number of carbonyl (C=O) groups is 1. The Balaban J connectivity index is 0.00000324. The molecule has 0 fully saturated rings. The summed E-state index contributed by atoms with van der Waals surface area (Å²) in [5.74, 6) is -0.185. The Bertz CT molecular complexity index is 1170. The lowest BCUT2D eigenvalue weighted by atomic mass is 9.92. The highest BCUT2D eigenvalue weighted by Crippen LogP contribution is 2.36. The maximum absolute atomic E-state index is 13.0. The molecule has 1 amide bonds. The van der Waals surface area contributed by atoms with Crippen LogP contribution < -0.4 is 16.8 Å². The van der Waals surface area contributed by atoms with Crippen molar-refractivity contribution < 1.29 is 18.0 Å². The van der Waals surface area contributed by atoms with Gasteiger partial charge in [-0.25, -0.2) is 0 Å². The van der Waals surface area contributed by atoms with Gasteiger partial charge in [0.05, 0.1) is 16.9 Å². The number of anilines is 1. The molecule has 196 valence electrons. The van der Waals surface area contributed by atoms with Crippen LogP contribution in [0.1, 0.15) is 52.3 Å². The van der Waals surface area contributed by atoms with Crippen LogP contribution in [0.4, 0.5) is 18.9 Å². The van der Waals surface area contributed by atoms with Crippen molar-refractivity contribution in [3.8, 4) is 11.1 Å². The van der Waals surface area contributed by atoms with Gasteiger partial charge in [-0.1, -0.05) is 38.1 Å². The van der Waals surface area contributed by atoms with E-state index in [9.17, 15) is 18.0 Å². The number of aryl methyl sites for hydroxylation is 1. The molecule has 0 radical (unpaired) electrons. The van der Waals surface area contributed by atoms with E-state index in [-0.39, 0.29) is 36.9 Å². The molecule has 0 bridgehead atoms. The number of nitrogens with one attached hydrogen (secondary N) is 1. The fourth-order valence-corrected chi connectivity index (χ4v) is 3.85. The molecule has 0 atom stereocenters. The number of nitrogens with zero attached hydrogens (tertiary/aromatic N) is 1. The number of hydrogen-bond donors (Lipinski definition) is 3. The van der Waals surface area contributed by atoms with Crippen molar-refractivity contribution in [3.63, 3.8) is 0 Å². The number of halogens is 5. The minimum Gasteiger partial charge on any atom is -0.326 e. The van der Waals surface area contributed by atoms with Gasteiger partial charge in [-0.05, 0) is 60.2 Å². The van der Waals surface area contributed by atoms with Crippen molar-refractivity contribution in [2.24, 2.45) is 17.4 Å². The number of pyridine rings is 1. The Morgan fingerprint density at radius 1 is 0.972 bits per heavy atom. The first-order chi connectivity index (χ1) is 16.0. The summed E-state index contributed by atoms with van der Waals surface area (Å²) in [4.78, 5) is 17.7. The van der Waals surface area contributed by atoms with Crippen LogP contribution in [-0.2, 0) is 25.7 Å². The zero-order chi connectivity index (χ0) is 25.0. The van der Waals surface area contributed by atoms with Crippen molar-refractivity contribution >= 4 is 36.4 Å². The quantitative estimate of drug-likeness (QED) is 0.327. The van der Waals surface area contributed by atoms with E-state index >= 15 is 0 Å². The summed E-state index contributed by atoms with van der Waals surface area (Å²) in [5, 5.41) is 2.87. The summed E-state index contributed by atoms with van der Waals surface area (Å²) >= 11 is 0. The molecular weight excluding hydrogens is 512 g/mol. The van der Waals surface area contributed by atoms with Crippen molar-refractivity contribution in [3.05, 3.63) is 82.2 Å². The molecule has 5 N–H and O–H groups in total. The maximum atomic E-state index is 13.0. The van der Waals surface area contributed by atoms with Crippen molar-refractivity contribution in [2.45, 2.75) is 46.5 Å². The number of benzene rings is 2. The number of nitrogens with two attached hydrogens (primary N) is 2. The van der Waals surface area contributed by atoms with Gasteiger partial charge in [0, 0.05) is 29.9 Å². The smallest absolute Gasteiger partial charge is 0.326 e. The van der Waals surface area contributed by atoms with Gasteiger partial charge in [0.25, 0.3) is 5.91 Å². The van der Waals surface area contributed by atoms with Gasteiger partial charge < -0.3 is 16.8 Å². The van der Waals surface area contributed by atoms with E-state index in [2.05, 4.69) is 19.2 Å². The Labute approximate surface area is 221 Å². The monoisotopic (exact) mass is 542 g/mol. The summed E-state index contributed by atoms with van der Waals surface area (Å²) in [7, 11) is 0. The fraction of sp³-hybridized carbons (Fsp3) is 0.308. The summed E-state index contributed by atoms with van der Waals surface area (Å²) < 4.78 is 38.7.